The maximum atomic E-state index is 12.4. The Kier molecular flexibility index (Phi) is 3.84. The van der Waals surface area contributed by atoms with E-state index in [1.165, 1.54) is 5.56 Å². The molecule has 1 aromatic rings. The third-order valence-corrected chi connectivity index (χ3v) is 4.29. The Bertz CT molecular complexity index is 710. The second-order valence-electron chi connectivity index (χ2n) is 7.02. The molecular weight excluding hydrogens is 286 g/mol. The van der Waals surface area contributed by atoms with Gasteiger partial charge < -0.3 is 4.90 Å². The Balaban J connectivity index is 1.99. The fourth-order valence-electron chi connectivity index (χ4n) is 3.00. The average Bonchev–Trinajstić information content (AvgIpc) is 2.52. The molecule has 2 aliphatic rings. The maximum absolute atomic E-state index is 12.4. The topological polar surface area (TPSA) is 35.9 Å². The van der Waals surface area contributed by atoms with Crippen LogP contribution in [0.15, 0.2) is 53.7 Å². The number of rotatable bonds is 1. The van der Waals surface area contributed by atoms with Crippen molar-refractivity contribution in [2.75, 3.05) is 7.05 Å². The molecule has 1 atom stereocenters. The van der Waals surface area contributed by atoms with Gasteiger partial charge >= 0.3 is 0 Å². The van der Waals surface area contributed by atoms with Crippen molar-refractivity contribution in [3.63, 3.8) is 0 Å². The number of aliphatic imine (C=N–C) groups is 1. The quantitative estimate of drug-likeness (QED) is 0.795. The number of benzene rings is 1. The minimum atomic E-state index is -0.0817. The first kappa shape index (κ1) is 15.5. The van der Waals surface area contributed by atoms with Crippen LogP contribution in [0, 0.1) is 0 Å². The van der Waals surface area contributed by atoms with Gasteiger partial charge in [-0.1, -0.05) is 45.0 Å². The summed E-state index contributed by atoms with van der Waals surface area (Å²) in [6.45, 7) is 6.54. The Morgan fingerprint density at radius 3 is 2.65 bits per heavy atom. The molecule has 1 saturated heterocycles. The standard InChI is InChI=1S/C19H23N3O/c1-19(2,3)14-9-5-6-10-15(14)20-16-13-18(23)22-12-8-7-11-17(22)21(16)4/h5-12,17H,13H2,1-4H3. The smallest absolute Gasteiger partial charge is 0.236 e. The molecule has 0 bridgehead atoms. The minimum Gasteiger partial charge on any atom is -0.338 e. The van der Waals surface area contributed by atoms with E-state index in [2.05, 4.69) is 31.7 Å². The molecule has 2 aliphatic heterocycles. The molecule has 23 heavy (non-hydrogen) atoms. The molecule has 0 saturated carbocycles. The number of amides is 1. The lowest BCUT2D eigenvalue weighted by Gasteiger charge is -2.41. The van der Waals surface area contributed by atoms with E-state index in [-0.39, 0.29) is 17.5 Å². The molecule has 0 N–H and O–H groups in total. The van der Waals surface area contributed by atoms with E-state index >= 15 is 0 Å². The van der Waals surface area contributed by atoms with Gasteiger partial charge in [-0.3, -0.25) is 9.69 Å². The molecule has 3 rings (SSSR count). The number of hydrogen-bond donors (Lipinski definition) is 0. The molecule has 4 heteroatoms. The molecule has 1 unspecified atom stereocenters. The van der Waals surface area contributed by atoms with Crippen molar-refractivity contribution in [1.82, 2.24) is 9.80 Å². The van der Waals surface area contributed by atoms with E-state index in [0.717, 1.165) is 11.5 Å². The van der Waals surface area contributed by atoms with Crippen LogP contribution in [0.1, 0.15) is 32.8 Å². The molecule has 0 aliphatic carbocycles. The van der Waals surface area contributed by atoms with Crippen LogP contribution in [0.2, 0.25) is 0 Å². The normalized spacial score (nSPS) is 22.7. The molecule has 120 valence electrons. The number of likely N-dealkylation sites (N-methyl/N-ethyl adjacent to an activating group) is 1. The number of nitrogens with zero attached hydrogens (tertiary/aromatic N) is 3. The SMILES string of the molecule is CN1C(=Nc2ccccc2C(C)(C)C)CC(=O)N2C=CC=CC12. The van der Waals surface area contributed by atoms with Gasteiger partial charge in [0.2, 0.25) is 5.91 Å². The molecule has 1 fully saturated rings. The van der Waals surface area contributed by atoms with E-state index in [9.17, 15) is 4.79 Å². The lowest BCUT2D eigenvalue weighted by Crippen LogP contribution is -2.54. The summed E-state index contributed by atoms with van der Waals surface area (Å²) in [5, 5.41) is 0. The molecule has 0 spiro atoms. The second-order valence-corrected chi connectivity index (χ2v) is 7.02. The van der Waals surface area contributed by atoms with Crippen LogP contribution in [0.25, 0.3) is 0 Å². The zero-order chi connectivity index (χ0) is 16.6. The van der Waals surface area contributed by atoms with Gasteiger partial charge in [-0.2, -0.15) is 0 Å². The van der Waals surface area contributed by atoms with Gasteiger partial charge in [-0.15, -0.1) is 0 Å². The van der Waals surface area contributed by atoms with Crippen LogP contribution in [0.4, 0.5) is 5.69 Å². The third-order valence-electron chi connectivity index (χ3n) is 4.29. The van der Waals surface area contributed by atoms with Crippen molar-refractivity contribution in [2.24, 2.45) is 4.99 Å². The van der Waals surface area contributed by atoms with Crippen molar-refractivity contribution in [1.29, 1.82) is 0 Å². The van der Waals surface area contributed by atoms with E-state index in [0.29, 0.717) is 6.42 Å². The second kappa shape index (κ2) is 5.69. The highest BCUT2D eigenvalue weighted by Crippen LogP contribution is 2.32. The van der Waals surface area contributed by atoms with E-state index in [1.54, 1.807) is 4.90 Å². The summed E-state index contributed by atoms with van der Waals surface area (Å²) in [4.78, 5) is 21.1. The number of allylic oxidation sites excluding steroid dienone is 2. The molecule has 0 radical (unpaired) electrons. The highest BCUT2D eigenvalue weighted by Gasteiger charge is 2.33. The van der Waals surface area contributed by atoms with Gasteiger partial charge in [0.1, 0.15) is 12.0 Å². The number of carbonyl (C=O) groups excluding carboxylic acids is 1. The van der Waals surface area contributed by atoms with Crippen molar-refractivity contribution in [3.05, 3.63) is 54.3 Å². The summed E-state index contributed by atoms with van der Waals surface area (Å²) in [7, 11) is 1.99. The number of hydrogen-bond acceptors (Lipinski definition) is 2. The summed E-state index contributed by atoms with van der Waals surface area (Å²) >= 11 is 0. The molecular formula is C19H23N3O. The van der Waals surface area contributed by atoms with Gasteiger partial charge in [0.15, 0.2) is 0 Å². The fourth-order valence-corrected chi connectivity index (χ4v) is 3.00. The summed E-state index contributed by atoms with van der Waals surface area (Å²) in [5.41, 5.74) is 2.14. The fraction of sp³-hybridized carbons (Fsp3) is 0.368. The zero-order valence-electron chi connectivity index (χ0n) is 14.2. The largest absolute Gasteiger partial charge is 0.338 e. The first-order valence-electron chi connectivity index (χ1n) is 7.94. The Morgan fingerprint density at radius 2 is 1.91 bits per heavy atom. The Morgan fingerprint density at radius 1 is 1.17 bits per heavy atom. The Hall–Kier alpha value is -2.36. The van der Waals surface area contributed by atoms with Gasteiger partial charge in [-0.05, 0) is 29.2 Å². The summed E-state index contributed by atoms with van der Waals surface area (Å²) in [6, 6.07) is 8.17. The Labute approximate surface area is 137 Å². The predicted octanol–water partition coefficient (Wildman–Crippen LogP) is 3.59. The van der Waals surface area contributed by atoms with E-state index in [4.69, 9.17) is 4.99 Å². The highest BCUT2D eigenvalue weighted by atomic mass is 16.2. The van der Waals surface area contributed by atoms with Gasteiger partial charge in [0.25, 0.3) is 0 Å². The highest BCUT2D eigenvalue weighted by molar-refractivity contribution is 6.03. The van der Waals surface area contributed by atoms with Crippen LogP contribution >= 0.6 is 0 Å². The molecule has 4 nitrogen and oxygen atoms in total. The lowest BCUT2D eigenvalue weighted by atomic mass is 9.86. The summed E-state index contributed by atoms with van der Waals surface area (Å²) < 4.78 is 0. The molecule has 1 amide bonds. The predicted molar refractivity (Wildman–Crippen MR) is 93.5 cm³/mol. The monoisotopic (exact) mass is 309 g/mol. The van der Waals surface area contributed by atoms with Crippen molar-refractivity contribution in [3.8, 4) is 0 Å². The zero-order valence-corrected chi connectivity index (χ0v) is 14.2. The van der Waals surface area contributed by atoms with Crippen molar-refractivity contribution < 1.29 is 4.79 Å². The van der Waals surface area contributed by atoms with Crippen molar-refractivity contribution in [2.45, 2.75) is 38.8 Å². The van der Waals surface area contributed by atoms with E-state index < -0.39 is 0 Å². The number of para-hydroxylation sites is 1. The first-order chi connectivity index (χ1) is 10.9. The number of amidine groups is 1. The number of fused-ring (bicyclic) bond motifs is 1. The van der Waals surface area contributed by atoms with Crippen LogP contribution in [-0.4, -0.2) is 34.8 Å². The summed E-state index contributed by atoms with van der Waals surface area (Å²) in [6.07, 6.45) is 7.95. The molecule has 2 heterocycles. The van der Waals surface area contributed by atoms with Crippen LogP contribution in [0.5, 0.6) is 0 Å². The molecule has 1 aromatic carbocycles. The van der Waals surface area contributed by atoms with Crippen molar-refractivity contribution >= 4 is 17.4 Å². The first-order valence-corrected chi connectivity index (χ1v) is 7.94. The van der Waals surface area contributed by atoms with Gasteiger partial charge in [-0.25, -0.2) is 4.99 Å². The van der Waals surface area contributed by atoms with Gasteiger partial charge in [0.05, 0.1) is 12.1 Å². The minimum absolute atomic E-state index is 0.0113. The average molecular weight is 309 g/mol. The van der Waals surface area contributed by atoms with Crippen LogP contribution in [-0.2, 0) is 10.2 Å². The lowest BCUT2D eigenvalue weighted by molar-refractivity contribution is -0.132. The summed E-state index contributed by atoms with van der Waals surface area (Å²) in [5.74, 6) is 0.897. The maximum Gasteiger partial charge on any atom is 0.236 e. The van der Waals surface area contributed by atoms with Crippen LogP contribution < -0.4 is 0 Å². The van der Waals surface area contributed by atoms with Gasteiger partial charge in [0, 0.05) is 13.2 Å². The third kappa shape index (κ3) is 2.93. The van der Waals surface area contributed by atoms with Crippen LogP contribution in [0.3, 0.4) is 0 Å². The number of carbonyl (C=O) groups is 1. The molecule has 0 aromatic heterocycles. The van der Waals surface area contributed by atoms with E-state index in [1.807, 2.05) is 49.7 Å².